The minimum absolute atomic E-state index is 0.0491. The largest absolute Gasteiger partial charge is 0.474 e. The van der Waals surface area contributed by atoms with Crippen molar-refractivity contribution in [2.75, 3.05) is 0 Å². The lowest BCUT2D eigenvalue weighted by atomic mass is 9.50. The molecular weight excluding hydrogens is 360 g/mol. The lowest BCUT2D eigenvalue weighted by Crippen LogP contribution is -2.98. The Morgan fingerprint density at radius 1 is 0.963 bits per heavy atom. The van der Waals surface area contributed by atoms with Gasteiger partial charge in [0.05, 0.1) is 28.2 Å². The second kappa shape index (κ2) is 7.12. The average molecular weight is 401 g/mol. The summed E-state index contributed by atoms with van der Waals surface area (Å²) in [6, 6.07) is 0.0816. The fourth-order valence-electron chi connectivity index (χ4n) is 6.73. The number of hydrogen-bond acceptors (Lipinski definition) is 2. The maximum Gasteiger partial charge on any atom is 0.111 e. The number of alkyl halides is 1. The number of hydrogen-bond donors (Lipinski definition) is 3. The zero-order chi connectivity index (χ0) is 20.3. The molecule has 5 N–H and O–H groups in total. The van der Waals surface area contributed by atoms with E-state index in [1.807, 2.05) is 12.2 Å². The minimum atomic E-state index is -0.698. The summed E-state index contributed by atoms with van der Waals surface area (Å²) in [5.41, 5.74) is -1.12. The van der Waals surface area contributed by atoms with Crippen molar-refractivity contribution >= 4 is 11.6 Å². The number of rotatable bonds is 3. The summed E-state index contributed by atoms with van der Waals surface area (Å²) in [6.07, 6.45) is 6.07. The molecule has 0 radical (unpaired) electrons. The topological polar surface area (TPSA) is 62.7 Å². The molecule has 3 rings (SSSR count). The Labute approximate surface area is 171 Å². The first-order valence-electron chi connectivity index (χ1n) is 10.7. The SMILES string of the molecule is [CH2-][NH2+][C@@H]1[C@@H]2[C@@H]([C@@]3(C)CC[C@@H](Cl)C(C)(C)O3)CC[C@](C)([NH2+][CH2-])[C@H]2CC[C@@]1(C)O. The summed E-state index contributed by atoms with van der Waals surface area (Å²) in [4.78, 5) is 0. The molecule has 0 aromatic heterocycles. The van der Waals surface area contributed by atoms with Crippen LogP contribution in [0.5, 0.6) is 0 Å². The van der Waals surface area contributed by atoms with Gasteiger partial charge in [0.15, 0.2) is 0 Å². The molecule has 27 heavy (non-hydrogen) atoms. The molecule has 8 atom stereocenters. The van der Waals surface area contributed by atoms with Crippen molar-refractivity contribution < 1.29 is 20.5 Å². The Morgan fingerprint density at radius 2 is 1.59 bits per heavy atom. The molecule has 3 aliphatic rings. The Bertz CT molecular complexity index is 554. The monoisotopic (exact) mass is 400 g/mol. The molecule has 5 heteroatoms. The zero-order valence-electron chi connectivity index (χ0n) is 17.9. The second-order valence-electron chi connectivity index (χ2n) is 10.7. The molecule has 3 fully saturated rings. The third kappa shape index (κ3) is 3.59. The molecule has 0 aromatic carbocycles. The number of halogens is 1. The summed E-state index contributed by atoms with van der Waals surface area (Å²) in [7, 11) is 8.33. The van der Waals surface area contributed by atoms with Crippen LogP contribution in [-0.2, 0) is 4.74 Å². The lowest BCUT2D eigenvalue weighted by molar-refractivity contribution is -0.703. The molecule has 0 spiro atoms. The highest BCUT2D eigenvalue weighted by Crippen LogP contribution is 2.55. The van der Waals surface area contributed by atoms with Gasteiger partial charge in [-0.1, -0.05) is 0 Å². The van der Waals surface area contributed by atoms with Crippen LogP contribution in [0, 0.1) is 31.8 Å². The predicted octanol–water partition coefficient (Wildman–Crippen LogP) is 1.97. The van der Waals surface area contributed by atoms with Gasteiger partial charge < -0.3 is 20.5 Å². The molecule has 1 saturated heterocycles. The van der Waals surface area contributed by atoms with E-state index < -0.39 is 5.60 Å². The van der Waals surface area contributed by atoms with Gasteiger partial charge in [0, 0.05) is 18.3 Å². The highest BCUT2D eigenvalue weighted by atomic mass is 35.5. The van der Waals surface area contributed by atoms with Crippen molar-refractivity contribution in [2.45, 2.75) is 107 Å². The Hall–Kier alpha value is 0.130. The van der Waals surface area contributed by atoms with E-state index in [0.717, 1.165) is 38.5 Å². The Kier molecular flexibility index (Phi) is 5.76. The third-order valence-electron chi connectivity index (χ3n) is 8.51. The van der Waals surface area contributed by atoms with Crippen LogP contribution in [0.25, 0.3) is 0 Å². The molecule has 0 bridgehead atoms. The highest BCUT2D eigenvalue weighted by Gasteiger charge is 2.62. The van der Waals surface area contributed by atoms with Gasteiger partial charge in [0.2, 0.25) is 0 Å². The van der Waals surface area contributed by atoms with Crippen molar-refractivity contribution in [1.29, 1.82) is 0 Å². The Morgan fingerprint density at radius 3 is 2.15 bits per heavy atom. The normalized spacial score (nSPS) is 53.0. The van der Waals surface area contributed by atoms with Crippen molar-refractivity contribution in [3.63, 3.8) is 0 Å². The van der Waals surface area contributed by atoms with Gasteiger partial charge in [-0.05, 0) is 72.6 Å². The van der Waals surface area contributed by atoms with E-state index in [-0.39, 0.29) is 28.2 Å². The highest BCUT2D eigenvalue weighted by molar-refractivity contribution is 6.21. The van der Waals surface area contributed by atoms with Gasteiger partial charge >= 0.3 is 0 Å². The molecule has 1 aliphatic heterocycles. The maximum absolute atomic E-state index is 11.2. The Balaban J connectivity index is 2.00. The first kappa shape index (κ1) is 21.8. The van der Waals surface area contributed by atoms with E-state index in [4.69, 9.17) is 16.3 Å². The number of aliphatic hydroxyl groups is 1. The van der Waals surface area contributed by atoms with E-state index in [0.29, 0.717) is 17.8 Å². The average Bonchev–Trinajstić information content (AvgIpc) is 2.57. The van der Waals surface area contributed by atoms with Gasteiger partial charge in [-0.15, -0.1) is 11.6 Å². The van der Waals surface area contributed by atoms with Crippen LogP contribution in [0.4, 0.5) is 0 Å². The van der Waals surface area contributed by atoms with Gasteiger partial charge in [-0.3, -0.25) is 0 Å². The number of ether oxygens (including phenoxy) is 1. The first-order chi connectivity index (χ1) is 12.4. The van der Waals surface area contributed by atoms with Crippen LogP contribution >= 0.6 is 11.6 Å². The molecule has 0 unspecified atom stereocenters. The molecular formula is C22H41ClN2O2. The van der Waals surface area contributed by atoms with Crippen molar-refractivity contribution in [3.8, 4) is 0 Å². The molecule has 2 saturated carbocycles. The molecule has 2 aliphatic carbocycles. The van der Waals surface area contributed by atoms with Gasteiger partial charge in [-0.2, -0.15) is 14.1 Å². The maximum atomic E-state index is 11.2. The molecule has 158 valence electrons. The summed E-state index contributed by atoms with van der Waals surface area (Å²) in [5.74, 6) is 1.26. The fourth-order valence-corrected chi connectivity index (χ4v) is 6.88. The zero-order valence-corrected chi connectivity index (χ0v) is 18.7. The first-order valence-corrected chi connectivity index (χ1v) is 11.2. The molecule has 4 nitrogen and oxygen atoms in total. The van der Waals surface area contributed by atoms with E-state index in [1.54, 1.807) is 0 Å². The third-order valence-corrected chi connectivity index (χ3v) is 9.26. The van der Waals surface area contributed by atoms with Crippen molar-refractivity contribution in [1.82, 2.24) is 0 Å². The smallest absolute Gasteiger partial charge is 0.111 e. The second-order valence-corrected chi connectivity index (χ2v) is 11.2. The number of fused-ring (bicyclic) bond motifs is 1. The van der Waals surface area contributed by atoms with Crippen LogP contribution < -0.4 is 10.6 Å². The van der Waals surface area contributed by atoms with E-state index in [2.05, 4.69) is 47.1 Å². The molecule has 0 amide bonds. The fraction of sp³-hybridized carbons (Fsp3) is 0.909. The number of quaternary nitrogens is 2. The molecule has 0 aromatic rings. The van der Waals surface area contributed by atoms with Gasteiger partial charge in [0.1, 0.15) is 5.60 Å². The lowest BCUT2D eigenvalue weighted by Gasteiger charge is -2.61. The van der Waals surface area contributed by atoms with Gasteiger partial charge in [-0.25, -0.2) is 0 Å². The van der Waals surface area contributed by atoms with Crippen LogP contribution in [0.3, 0.4) is 0 Å². The van der Waals surface area contributed by atoms with Crippen LogP contribution in [0.1, 0.15) is 73.1 Å². The minimum Gasteiger partial charge on any atom is -0.474 e. The number of nitrogens with two attached hydrogens (primary N) is 2. The van der Waals surface area contributed by atoms with Gasteiger partial charge in [0.25, 0.3) is 0 Å². The van der Waals surface area contributed by atoms with E-state index >= 15 is 0 Å². The summed E-state index contributed by atoms with van der Waals surface area (Å²) in [6.45, 7) is 10.9. The van der Waals surface area contributed by atoms with Crippen LogP contribution in [-0.4, -0.2) is 38.9 Å². The van der Waals surface area contributed by atoms with Crippen molar-refractivity contribution in [3.05, 3.63) is 14.1 Å². The summed E-state index contributed by atoms with van der Waals surface area (Å²) < 4.78 is 6.75. The quantitative estimate of drug-likeness (QED) is 0.501. The van der Waals surface area contributed by atoms with E-state index in [1.165, 1.54) is 0 Å². The predicted molar refractivity (Wildman–Crippen MR) is 109 cm³/mol. The van der Waals surface area contributed by atoms with Crippen LogP contribution in [0.2, 0.25) is 0 Å². The van der Waals surface area contributed by atoms with E-state index in [9.17, 15) is 5.11 Å². The summed E-state index contributed by atoms with van der Waals surface area (Å²) in [5, 5.41) is 15.4. The summed E-state index contributed by atoms with van der Waals surface area (Å²) >= 11 is 6.59. The molecule has 1 heterocycles. The van der Waals surface area contributed by atoms with Crippen LogP contribution in [0.15, 0.2) is 0 Å². The standard InChI is InChI=1S/C22H41ClN2O2/c1-19(2)16(23)10-13-22(5,27-19)15-8-11-20(3,25-7)14-9-12-21(4,26)18(24-6)17(14)15/h14-18,26H,6-13,24-25H2,1-5H3/t14-,15-,16+,17-,18+,20-,21+,22+/m0/s1. The van der Waals surface area contributed by atoms with Crippen molar-refractivity contribution in [2.24, 2.45) is 17.8 Å².